The number of rotatable bonds is 5. The summed E-state index contributed by atoms with van der Waals surface area (Å²) in [5.74, 6) is 0. The van der Waals surface area contributed by atoms with Crippen LogP contribution >= 0.6 is 0 Å². The van der Waals surface area contributed by atoms with E-state index in [4.69, 9.17) is 0 Å². The fraction of sp³-hybridized carbons (Fsp3) is 0.129. The zero-order valence-corrected chi connectivity index (χ0v) is 37.9. The highest BCUT2D eigenvalue weighted by Gasteiger charge is 2.32. The Morgan fingerprint density at radius 3 is 0.985 bits per heavy atom. The molecule has 9 aromatic carbocycles. The quantitative estimate of drug-likeness (QED) is 0.164. The van der Waals surface area contributed by atoms with E-state index in [1.807, 2.05) is 0 Å². The molecule has 0 N–H and O–H groups in total. The highest BCUT2D eigenvalue weighted by Crippen LogP contribution is 2.51. The predicted molar refractivity (Wildman–Crippen MR) is 278 cm³/mol. The first-order valence-corrected chi connectivity index (χ1v) is 22.9. The second kappa shape index (κ2) is 14.5. The van der Waals surface area contributed by atoms with Crippen LogP contribution < -0.4 is 0 Å². The van der Waals surface area contributed by atoms with Gasteiger partial charge in [-0.2, -0.15) is 0 Å². The third-order valence-electron chi connectivity index (χ3n) is 13.7. The molecule has 3 heteroatoms. The molecule has 0 radical (unpaired) electrons. The molecule has 12 rings (SSSR count). The molecule has 0 spiro atoms. The Balaban J connectivity index is 1.34. The van der Waals surface area contributed by atoms with Gasteiger partial charge >= 0.3 is 0 Å². The van der Waals surface area contributed by atoms with Gasteiger partial charge in [-0.3, -0.25) is 0 Å². The van der Waals surface area contributed by atoms with Crippen LogP contribution in [0.25, 0.3) is 105 Å². The van der Waals surface area contributed by atoms with Crippen molar-refractivity contribution in [2.45, 2.75) is 52.4 Å². The van der Waals surface area contributed by atoms with Gasteiger partial charge < -0.3 is 13.7 Å². The van der Waals surface area contributed by atoms with Crippen LogP contribution in [0.15, 0.2) is 200 Å². The van der Waals surface area contributed by atoms with Crippen molar-refractivity contribution in [2.24, 2.45) is 0 Å². The lowest BCUT2D eigenvalue weighted by atomic mass is 9.82. The van der Waals surface area contributed by atoms with Crippen molar-refractivity contribution in [1.29, 1.82) is 0 Å². The second-order valence-electron chi connectivity index (χ2n) is 19.8. The topological polar surface area (TPSA) is 14.8 Å². The summed E-state index contributed by atoms with van der Waals surface area (Å²) in [5, 5.41) is 7.66. The van der Waals surface area contributed by atoms with Gasteiger partial charge in [0, 0.05) is 49.4 Å². The summed E-state index contributed by atoms with van der Waals surface area (Å²) >= 11 is 0. The Morgan fingerprint density at radius 1 is 0.277 bits per heavy atom. The monoisotopic (exact) mass is 837 g/mol. The van der Waals surface area contributed by atoms with E-state index < -0.39 is 0 Å². The molecule has 3 heterocycles. The van der Waals surface area contributed by atoms with Gasteiger partial charge in [-0.1, -0.05) is 181 Å². The van der Waals surface area contributed by atoms with E-state index in [2.05, 4.69) is 255 Å². The molecule has 3 aromatic heterocycles. The van der Waals surface area contributed by atoms with Crippen LogP contribution in [0.5, 0.6) is 0 Å². The van der Waals surface area contributed by atoms with Crippen molar-refractivity contribution in [2.75, 3.05) is 0 Å². The highest BCUT2D eigenvalue weighted by atomic mass is 15.0. The van der Waals surface area contributed by atoms with Crippen LogP contribution in [0.2, 0.25) is 0 Å². The van der Waals surface area contributed by atoms with E-state index in [1.165, 1.54) is 98.8 Å². The molecule has 0 aliphatic carbocycles. The Morgan fingerprint density at radius 2 is 0.600 bits per heavy atom. The minimum Gasteiger partial charge on any atom is -0.309 e. The number of para-hydroxylation sites is 3. The maximum absolute atomic E-state index is 2.57. The first kappa shape index (κ1) is 39.0. The van der Waals surface area contributed by atoms with Crippen molar-refractivity contribution in [1.82, 2.24) is 13.7 Å². The molecule has 0 atom stereocenters. The van der Waals surface area contributed by atoms with E-state index in [1.54, 1.807) is 0 Å². The van der Waals surface area contributed by atoms with E-state index >= 15 is 0 Å². The molecule has 0 saturated heterocycles. The van der Waals surface area contributed by atoms with E-state index in [-0.39, 0.29) is 10.8 Å². The fourth-order valence-corrected chi connectivity index (χ4v) is 10.7. The van der Waals surface area contributed by atoms with Gasteiger partial charge in [0.15, 0.2) is 0 Å². The SMILES string of the molecule is CC(C)(C)c1cc2c(c3c(cc(C(C)(C)C)c4c5ccccc5n(-c5ccc(-c6ccccc6)cc5)c43)n2-c2ccccc2)c2c1c1ccccc1n2-c1ccc(-c2ccccc2)cc1. The van der Waals surface area contributed by atoms with Gasteiger partial charge in [0.25, 0.3) is 0 Å². The Hall–Kier alpha value is -7.62. The Bertz CT molecular complexity index is 3540. The maximum atomic E-state index is 2.57. The standard InChI is InChI=1S/C62H51N3/c1-61(2,3)49-38-53-57(59-55(49)47-26-16-18-28-51(47)64(59)45-34-30-42(31-35-45)40-20-10-7-11-21-40)58-54(63(53)44-24-14-9-15-25-44)39-50(62(4,5)6)56-48-27-17-19-29-52(48)65(60(56)58)46-36-32-43(33-37-46)41-22-12-8-13-23-41/h7-39H,1-6H3. The number of nitrogens with zero attached hydrogens (tertiary/aromatic N) is 3. The lowest BCUT2D eigenvalue weighted by Gasteiger charge is -2.22. The molecule has 0 unspecified atom stereocenters. The normalized spacial score (nSPS) is 12.5. The predicted octanol–water partition coefficient (Wildman–Crippen LogP) is 16.9. The Kier molecular flexibility index (Phi) is 8.67. The lowest BCUT2D eigenvalue weighted by Crippen LogP contribution is -2.12. The zero-order chi connectivity index (χ0) is 44.2. The van der Waals surface area contributed by atoms with Gasteiger partial charge in [-0.05, 0) is 105 Å². The molecule has 0 amide bonds. The first-order chi connectivity index (χ1) is 31.6. The highest BCUT2D eigenvalue weighted by molar-refractivity contribution is 6.34. The molecule has 0 bridgehead atoms. The number of aromatic nitrogens is 3. The largest absolute Gasteiger partial charge is 0.309 e. The molecule has 0 aliphatic rings. The smallest absolute Gasteiger partial charge is 0.0645 e. The van der Waals surface area contributed by atoms with Crippen LogP contribution in [-0.2, 0) is 10.8 Å². The van der Waals surface area contributed by atoms with Crippen LogP contribution in [0.4, 0.5) is 0 Å². The summed E-state index contributed by atoms with van der Waals surface area (Å²) in [6, 6.07) is 74.0. The van der Waals surface area contributed by atoms with Crippen molar-refractivity contribution >= 4 is 65.4 Å². The average Bonchev–Trinajstić information content (AvgIpc) is 3.97. The fourth-order valence-electron chi connectivity index (χ4n) is 10.7. The number of benzene rings is 9. The average molecular weight is 838 g/mol. The maximum Gasteiger partial charge on any atom is 0.0645 e. The van der Waals surface area contributed by atoms with Gasteiger partial charge in [0.1, 0.15) is 0 Å². The molecular weight excluding hydrogens is 787 g/mol. The van der Waals surface area contributed by atoms with Crippen LogP contribution in [-0.4, -0.2) is 13.7 Å². The Labute approximate surface area is 380 Å². The van der Waals surface area contributed by atoms with Gasteiger partial charge in [-0.25, -0.2) is 0 Å². The van der Waals surface area contributed by atoms with Crippen molar-refractivity contribution in [3.8, 4) is 39.3 Å². The summed E-state index contributed by atoms with van der Waals surface area (Å²) in [5.41, 5.74) is 17.9. The van der Waals surface area contributed by atoms with Crippen LogP contribution in [0.3, 0.4) is 0 Å². The molecule has 0 fully saturated rings. The summed E-state index contributed by atoms with van der Waals surface area (Å²) in [4.78, 5) is 0. The first-order valence-electron chi connectivity index (χ1n) is 22.9. The molecular formula is C62H51N3. The zero-order valence-electron chi connectivity index (χ0n) is 37.9. The minimum absolute atomic E-state index is 0.169. The summed E-state index contributed by atoms with van der Waals surface area (Å²) in [7, 11) is 0. The molecule has 314 valence electrons. The van der Waals surface area contributed by atoms with Crippen molar-refractivity contribution < 1.29 is 0 Å². The number of fused-ring (bicyclic) bond motifs is 11. The second-order valence-corrected chi connectivity index (χ2v) is 19.8. The van der Waals surface area contributed by atoms with Crippen molar-refractivity contribution in [3.05, 3.63) is 211 Å². The number of hydrogen-bond acceptors (Lipinski definition) is 0. The van der Waals surface area contributed by atoms with E-state index in [9.17, 15) is 0 Å². The van der Waals surface area contributed by atoms with Gasteiger partial charge in [-0.15, -0.1) is 0 Å². The van der Waals surface area contributed by atoms with Gasteiger partial charge in [0.05, 0.1) is 33.1 Å². The molecule has 65 heavy (non-hydrogen) atoms. The minimum atomic E-state index is -0.169. The third-order valence-corrected chi connectivity index (χ3v) is 13.7. The summed E-state index contributed by atoms with van der Waals surface area (Å²) in [6.07, 6.45) is 0. The van der Waals surface area contributed by atoms with Crippen LogP contribution in [0, 0.1) is 0 Å². The molecule has 3 nitrogen and oxygen atoms in total. The lowest BCUT2D eigenvalue weighted by molar-refractivity contribution is 0.596. The summed E-state index contributed by atoms with van der Waals surface area (Å²) < 4.78 is 7.70. The van der Waals surface area contributed by atoms with Crippen LogP contribution in [0.1, 0.15) is 52.7 Å². The molecule has 12 aromatic rings. The number of hydrogen-bond donors (Lipinski definition) is 0. The van der Waals surface area contributed by atoms with E-state index in [0.29, 0.717) is 0 Å². The summed E-state index contributed by atoms with van der Waals surface area (Å²) in [6.45, 7) is 14.2. The van der Waals surface area contributed by atoms with Gasteiger partial charge in [0.2, 0.25) is 0 Å². The molecule has 0 saturated carbocycles. The third kappa shape index (κ3) is 6.02. The molecule has 0 aliphatic heterocycles. The van der Waals surface area contributed by atoms with Crippen molar-refractivity contribution in [3.63, 3.8) is 0 Å². The van der Waals surface area contributed by atoms with E-state index in [0.717, 1.165) is 17.1 Å².